The molecule has 7 heteroatoms. The lowest BCUT2D eigenvalue weighted by Gasteiger charge is -2.04. The van der Waals surface area contributed by atoms with Crippen molar-refractivity contribution in [1.29, 1.82) is 0 Å². The number of nitrogens with zero attached hydrogens (tertiary/aromatic N) is 2. The van der Waals surface area contributed by atoms with Crippen LogP contribution >= 0.6 is 23.4 Å². The molecule has 0 aliphatic carbocycles. The molecular formula is C17H16ClN3O2S. The Hall–Kier alpha value is -2.18. The number of thioether (sulfide) groups is 1. The standard InChI is InChI=1S/C17H16ClN3O2S/c1-22-14-6-2-12(3-7-14)16-19-17(21-20-16)24-11-10-23-15-8-4-13(18)5-9-15/h2-9H,10-11H2,1H3,(H,19,20,21). The molecule has 0 amide bonds. The number of ether oxygens (including phenoxy) is 2. The van der Waals surface area contributed by atoms with Crippen LogP contribution in [0.2, 0.25) is 5.02 Å². The Morgan fingerprint density at radius 1 is 1.04 bits per heavy atom. The van der Waals surface area contributed by atoms with Gasteiger partial charge >= 0.3 is 0 Å². The normalized spacial score (nSPS) is 10.6. The van der Waals surface area contributed by atoms with E-state index in [1.807, 2.05) is 36.4 Å². The molecule has 5 nitrogen and oxygen atoms in total. The number of aromatic nitrogens is 3. The van der Waals surface area contributed by atoms with Gasteiger partial charge in [-0.15, -0.1) is 5.10 Å². The van der Waals surface area contributed by atoms with E-state index in [2.05, 4.69) is 15.2 Å². The third-order valence-electron chi connectivity index (χ3n) is 3.23. The van der Waals surface area contributed by atoms with Crippen molar-refractivity contribution in [2.75, 3.05) is 19.5 Å². The quantitative estimate of drug-likeness (QED) is 0.502. The lowest BCUT2D eigenvalue weighted by atomic mass is 10.2. The minimum atomic E-state index is 0.568. The van der Waals surface area contributed by atoms with Crippen LogP contribution in [0.3, 0.4) is 0 Å². The van der Waals surface area contributed by atoms with Gasteiger partial charge in [0, 0.05) is 16.3 Å². The number of nitrogens with one attached hydrogen (secondary N) is 1. The zero-order valence-electron chi connectivity index (χ0n) is 13.0. The molecule has 0 fully saturated rings. The van der Waals surface area contributed by atoms with Crippen molar-refractivity contribution in [3.8, 4) is 22.9 Å². The van der Waals surface area contributed by atoms with Gasteiger partial charge in [-0.05, 0) is 48.5 Å². The summed E-state index contributed by atoms with van der Waals surface area (Å²) in [5, 5.41) is 8.55. The molecule has 3 rings (SSSR count). The van der Waals surface area contributed by atoms with E-state index in [-0.39, 0.29) is 0 Å². The zero-order valence-corrected chi connectivity index (χ0v) is 14.6. The molecular weight excluding hydrogens is 346 g/mol. The summed E-state index contributed by atoms with van der Waals surface area (Å²) in [7, 11) is 1.64. The van der Waals surface area contributed by atoms with Gasteiger partial charge in [0.25, 0.3) is 0 Å². The molecule has 3 aromatic rings. The van der Waals surface area contributed by atoms with Crippen LogP contribution in [0.4, 0.5) is 0 Å². The molecule has 2 aromatic carbocycles. The molecule has 1 N–H and O–H groups in total. The predicted molar refractivity (Wildman–Crippen MR) is 96.0 cm³/mol. The van der Waals surface area contributed by atoms with Gasteiger partial charge in [0.1, 0.15) is 11.5 Å². The van der Waals surface area contributed by atoms with Gasteiger partial charge in [-0.3, -0.25) is 5.10 Å². The van der Waals surface area contributed by atoms with Crippen LogP contribution in [0, 0.1) is 0 Å². The fraction of sp³-hybridized carbons (Fsp3) is 0.176. The van der Waals surface area contributed by atoms with Gasteiger partial charge in [-0.1, -0.05) is 23.4 Å². The Bertz CT molecular complexity index is 775. The maximum absolute atomic E-state index is 5.84. The summed E-state index contributed by atoms with van der Waals surface area (Å²) in [5.41, 5.74) is 0.965. The highest BCUT2D eigenvalue weighted by atomic mass is 35.5. The molecule has 124 valence electrons. The largest absolute Gasteiger partial charge is 0.497 e. The summed E-state index contributed by atoms with van der Waals surface area (Å²) in [6.45, 7) is 0.568. The first-order valence-corrected chi connectivity index (χ1v) is 8.69. The number of benzene rings is 2. The van der Waals surface area contributed by atoms with E-state index in [9.17, 15) is 0 Å². The van der Waals surface area contributed by atoms with E-state index in [0.29, 0.717) is 16.8 Å². The maximum atomic E-state index is 5.84. The molecule has 1 heterocycles. The van der Waals surface area contributed by atoms with Crippen LogP contribution < -0.4 is 9.47 Å². The van der Waals surface area contributed by atoms with Crippen molar-refractivity contribution in [3.63, 3.8) is 0 Å². The minimum Gasteiger partial charge on any atom is -0.497 e. The van der Waals surface area contributed by atoms with Crippen molar-refractivity contribution in [1.82, 2.24) is 15.2 Å². The van der Waals surface area contributed by atoms with Crippen molar-refractivity contribution < 1.29 is 9.47 Å². The second kappa shape index (κ2) is 8.08. The maximum Gasteiger partial charge on any atom is 0.208 e. The molecule has 0 atom stereocenters. The van der Waals surface area contributed by atoms with Crippen LogP contribution in [0.15, 0.2) is 53.7 Å². The van der Waals surface area contributed by atoms with Gasteiger partial charge in [0.2, 0.25) is 5.16 Å². The van der Waals surface area contributed by atoms with Crippen LogP contribution in [-0.2, 0) is 0 Å². The number of methoxy groups -OCH3 is 1. The van der Waals surface area contributed by atoms with E-state index < -0.39 is 0 Å². The molecule has 0 saturated heterocycles. The average Bonchev–Trinajstić information content (AvgIpc) is 3.09. The second-order valence-corrected chi connectivity index (χ2v) is 6.34. The molecule has 0 bridgehead atoms. The smallest absolute Gasteiger partial charge is 0.208 e. The number of H-pyrrole nitrogens is 1. The molecule has 24 heavy (non-hydrogen) atoms. The molecule has 0 aliphatic rings. The first-order valence-electron chi connectivity index (χ1n) is 7.32. The first-order chi connectivity index (χ1) is 11.7. The number of rotatable bonds is 7. The first kappa shape index (κ1) is 16.7. The highest BCUT2D eigenvalue weighted by Gasteiger charge is 2.06. The van der Waals surface area contributed by atoms with Gasteiger partial charge in [0.05, 0.1) is 13.7 Å². The van der Waals surface area contributed by atoms with Gasteiger partial charge < -0.3 is 9.47 Å². The summed E-state index contributed by atoms with van der Waals surface area (Å²) >= 11 is 7.37. The van der Waals surface area contributed by atoms with Crippen molar-refractivity contribution >= 4 is 23.4 Å². The third-order valence-corrected chi connectivity index (χ3v) is 4.29. The van der Waals surface area contributed by atoms with E-state index in [0.717, 1.165) is 28.6 Å². The van der Waals surface area contributed by atoms with E-state index in [1.54, 1.807) is 19.2 Å². The SMILES string of the molecule is COc1ccc(-c2nc(SCCOc3ccc(Cl)cc3)n[nH]2)cc1. The van der Waals surface area contributed by atoms with Crippen molar-refractivity contribution in [2.24, 2.45) is 0 Å². The Morgan fingerprint density at radius 3 is 2.46 bits per heavy atom. The molecule has 1 aromatic heterocycles. The molecule has 0 saturated carbocycles. The highest BCUT2D eigenvalue weighted by Crippen LogP contribution is 2.22. The minimum absolute atomic E-state index is 0.568. The van der Waals surface area contributed by atoms with Crippen LogP contribution in [0.25, 0.3) is 11.4 Å². The fourth-order valence-electron chi connectivity index (χ4n) is 2.01. The Kier molecular flexibility index (Phi) is 5.61. The number of hydrogen-bond acceptors (Lipinski definition) is 5. The van der Waals surface area contributed by atoms with Crippen LogP contribution in [0.5, 0.6) is 11.5 Å². The van der Waals surface area contributed by atoms with E-state index >= 15 is 0 Å². The summed E-state index contributed by atoms with van der Waals surface area (Å²) < 4.78 is 10.8. The van der Waals surface area contributed by atoms with Gasteiger partial charge in [-0.25, -0.2) is 4.98 Å². The third kappa shape index (κ3) is 4.43. The van der Waals surface area contributed by atoms with Gasteiger partial charge in [0.15, 0.2) is 5.82 Å². The number of hydrogen-bond donors (Lipinski definition) is 1. The van der Waals surface area contributed by atoms with Crippen LogP contribution in [0.1, 0.15) is 0 Å². The lowest BCUT2D eigenvalue weighted by molar-refractivity contribution is 0.344. The Morgan fingerprint density at radius 2 is 1.75 bits per heavy atom. The topological polar surface area (TPSA) is 60.0 Å². The monoisotopic (exact) mass is 361 g/mol. The average molecular weight is 362 g/mol. The van der Waals surface area contributed by atoms with E-state index in [4.69, 9.17) is 21.1 Å². The number of halogens is 1. The predicted octanol–water partition coefficient (Wildman–Crippen LogP) is 4.30. The summed E-state index contributed by atoms with van der Waals surface area (Å²) in [6, 6.07) is 15.0. The van der Waals surface area contributed by atoms with Crippen molar-refractivity contribution in [2.45, 2.75) is 5.16 Å². The lowest BCUT2D eigenvalue weighted by Crippen LogP contribution is -2.00. The second-order valence-electron chi connectivity index (χ2n) is 4.85. The summed E-state index contributed by atoms with van der Waals surface area (Å²) in [5.74, 6) is 3.10. The molecule has 0 spiro atoms. The Balaban J connectivity index is 1.49. The molecule has 0 unspecified atom stereocenters. The van der Waals surface area contributed by atoms with Gasteiger partial charge in [-0.2, -0.15) is 0 Å². The summed E-state index contributed by atoms with van der Waals surface area (Å²) in [6.07, 6.45) is 0. The van der Waals surface area contributed by atoms with Crippen molar-refractivity contribution in [3.05, 3.63) is 53.6 Å². The van der Waals surface area contributed by atoms with Crippen LogP contribution in [-0.4, -0.2) is 34.7 Å². The number of aromatic amines is 1. The fourth-order valence-corrected chi connectivity index (χ4v) is 2.75. The van der Waals surface area contributed by atoms with E-state index in [1.165, 1.54) is 11.8 Å². The Labute approximate surface area is 149 Å². The molecule has 0 radical (unpaired) electrons. The molecule has 0 aliphatic heterocycles. The summed E-state index contributed by atoms with van der Waals surface area (Å²) in [4.78, 5) is 4.47. The zero-order chi connectivity index (χ0) is 16.8. The highest BCUT2D eigenvalue weighted by molar-refractivity contribution is 7.99.